The van der Waals surface area contributed by atoms with Crippen molar-refractivity contribution >= 4 is 32.3 Å². The smallest absolute Gasteiger partial charge is 0.00238 e. The second-order valence-electron chi connectivity index (χ2n) is 5.37. The Kier molecular flexibility index (Phi) is 1.41. The molecule has 0 saturated carbocycles. The van der Waals surface area contributed by atoms with Crippen molar-refractivity contribution in [3.63, 3.8) is 0 Å². The molecule has 0 atom stereocenters. The van der Waals surface area contributed by atoms with E-state index >= 15 is 0 Å². The second kappa shape index (κ2) is 2.84. The molecule has 1 aliphatic rings. The lowest BCUT2D eigenvalue weighted by Gasteiger charge is -2.23. The van der Waals surface area contributed by atoms with Gasteiger partial charge in [0.05, 0.1) is 0 Å². The highest BCUT2D eigenvalue weighted by atomic mass is 14.2. The van der Waals surface area contributed by atoms with E-state index in [1.54, 1.807) is 11.1 Å². The molecule has 0 amide bonds. The molecule has 1 aliphatic carbocycles. The van der Waals surface area contributed by atoms with Crippen LogP contribution in [0.5, 0.6) is 0 Å². The molecule has 5 rings (SSSR count). The van der Waals surface area contributed by atoms with Crippen molar-refractivity contribution in [2.45, 2.75) is 12.8 Å². The summed E-state index contributed by atoms with van der Waals surface area (Å²) in [6, 6.07) is 18.1. The molecule has 0 radical (unpaired) electrons. The van der Waals surface area contributed by atoms with Gasteiger partial charge in [0.15, 0.2) is 0 Å². The van der Waals surface area contributed by atoms with E-state index < -0.39 is 0 Å². The van der Waals surface area contributed by atoms with Crippen molar-refractivity contribution in [3.05, 3.63) is 59.7 Å². The summed E-state index contributed by atoms with van der Waals surface area (Å²) in [6.45, 7) is 0. The quantitative estimate of drug-likeness (QED) is 0.383. The molecule has 0 aromatic heterocycles. The summed E-state index contributed by atoms with van der Waals surface area (Å²) in [5, 5.41) is 8.55. The van der Waals surface area contributed by atoms with Crippen LogP contribution in [0.4, 0.5) is 0 Å². The van der Waals surface area contributed by atoms with Crippen molar-refractivity contribution in [3.8, 4) is 0 Å². The molecule has 0 fully saturated rings. The van der Waals surface area contributed by atoms with E-state index in [1.807, 2.05) is 0 Å². The van der Waals surface area contributed by atoms with E-state index in [0.29, 0.717) is 0 Å². The summed E-state index contributed by atoms with van der Waals surface area (Å²) in [5.74, 6) is 0. The van der Waals surface area contributed by atoms with E-state index in [-0.39, 0.29) is 0 Å². The van der Waals surface area contributed by atoms with Crippen LogP contribution in [0.2, 0.25) is 0 Å². The fraction of sp³-hybridized carbons (Fsp3) is 0.111. The lowest BCUT2D eigenvalue weighted by molar-refractivity contribution is 0.854. The molecule has 0 heterocycles. The Bertz CT molecular complexity index is 900. The van der Waals surface area contributed by atoms with Gasteiger partial charge in [0.2, 0.25) is 0 Å². The molecular formula is C18H12. The normalized spacial score (nSPS) is 14.2. The van der Waals surface area contributed by atoms with E-state index in [1.165, 1.54) is 45.2 Å². The fourth-order valence-electron chi connectivity index (χ4n) is 3.53. The maximum absolute atomic E-state index is 2.40. The Morgan fingerprint density at radius 1 is 0.667 bits per heavy atom. The number of rotatable bonds is 0. The Balaban J connectivity index is 2.22. The van der Waals surface area contributed by atoms with E-state index in [9.17, 15) is 0 Å². The average Bonchev–Trinajstić information content (AvgIpc) is 2.38. The fourth-order valence-corrected chi connectivity index (χ4v) is 3.53. The lowest BCUT2D eigenvalue weighted by Crippen LogP contribution is -2.09. The van der Waals surface area contributed by atoms with Crippen LogP contribution in [-0.2, 0) is 12.8 Å². The summed E-state index contributed by atoms with van der Waals surface area (Å²) in [4.78, 5) is 0. The van der Waals surface area contributed by atoms with Crippen molar-refractivity contribution in [2.75, 3.05) is 0 Å². The van der Waals surface area contributed by atoms with Gasteiger partial charge in [0.25, 0.3) is 0 Å². The summed E-state index contributed by atoms with van der Waals surface area (Å²) >= 11 is 0. The third-order valence-corrected chi connectivity index (χ3v) is 4.50. The highest BCUT2D eigenvalue weighted by molar-refractivity contribution is 6.23. The first-order chi connectivity index (χ1) is 8.92. The van der Waals surface area contributed by atoms with Gasteiger partial charge in [-0.15, -0.1) is 0 Å². The zero-order chi connectivity index (χ0) is 11.7. The zero-order valence-corrected chi connectivity index (χ0v) is 10.0. The van der Waals surface area contributed by atoms with Gasteiger partial charge in [-0.1, -0.05) is 48.5 Å². The molecule has 0 unspecified atom stereocenters. The van der Waals surface area contributed by atoms with E-state index in [4.69, 9.17) is 0 Å². The van der Waals surface area contributed by atoms with Gasteiger partial charge in [-0.05, 0) is 56.3 Å². The van der Waals surface area contributed by atoms with Gasteiger partial charge in [-0.2, -0.15) is 0 Å². The highest BCUT2D eigenvalue weighted by Crippen LogP contribution is 2.40. The summed E-state index contributed by atoms with van der Waals surface area (Å²) in [6.07, 6.45) is 2.51. The third kappa shape index (κ3) is 0.896. The molecule has 0 heteroatoms. The van der Waals surface area contributed by atoms with Gasteiger partial charge in [-0.25, -0.2) is 0 Å². The number of fused-ring (bicyclic) bond motifs is 2. The van der Waals surface area contributed by atoms with Crippen molar-refractivity contribution in [1.29, 1.82) is 0 Å². The minimum atomic E-state index is 1.25. The van der Waals surface area contributed by atoms with Crippen LogP contribution < -0.4 is 0 Å². The van der Waals surface area contributed by atoms with E-state index in [0.717, 1.165) is 0 Å². The topological polar surface area (TPSA) is 0 Å². The molecule has 0 bridgehead atoms. The molecule has 84 valence electrons. The first-order valence-electron chi connectivity index (χ1n) is 6.60. The molecule has 18 heavy (non-hydrogen) atoms. The first kappa shape index (κ1) is 8.93. The van der Waals surface area contributed by atoms with Gasteiger partial charge in [0.1, 0.15) is 0 Å². The number of hydrogen-bond donors (Lipinski definition) is 0. The van der Waals surface area contributed by atoms with Crippen molar-refractivity contribution in [2.24, 2.45) is 0 Å². The van der Waals surface area contributed by atoms with Crippen LogP contribution in [0.1, 0.15) is 11.1 Å². The number of benzene rings is 4. The van der Waals surface area contributed by atoms with Gasteiger partial charge < -0.3 is 0 Å². The van der Waals surface area contributed by atoms with Crippen LogP contribution in [-0.4, -0.2) is 0 Å². The standard InChI is InChI=1S/C18H12/c1-2-11-4-5-14-10-13-7-8-15(13)16-9-6-12(3-1)17(11)18(14)16/h1-6,9-10H,7-8H2. The molecular weight excluding hydrogens is 216 g/mol. The highest BCUT2D eigenvalue weighted by Gasteiger charge is 2.19. The minimum Gasteiger partial charge on any atom is -0.0610 e. The largest absolute Gasteiger partial charge is 0.0610 e. The first-order valence-corrected chi connectivity index (χ1v) is 6.60. The van der Waals surface area contributed by atoms with Crippen molar-refractivity contribution < 1.29 is 0 Å². The molecule has 0 aliphatic heterocycles. The van der Waals surface area contributed by atoms with E-state index in [2.05, 4.69) is 48.5 Å². The SMILES string of the molecule is c1cc2ccc3cc4c(c5ccc(c1)c2c35)CC4. The van der Waals surface area contributed by atoms with Crippen LogP contribution >= 0.6 is 0 Å². The molecule has 0 N–H and O–H groups in total. The summed E-state index contributed by atoms with van der Waals surface area (Å²) in [5.41, 5.74) is 3.14. The minimum absolute atomic E-state index is 1.25. The third-order valence-electron chi connectivity index (χ3n) is 4.50. The van der Waals surface area contributed by atoms with Crippen LogP contribution in [0, 0.1) is 0 Å². The maximum atomic E-state index is 2.40. The molecule has 0 spiro atoms. The van der Waals surface area contributed by atoms with Gasteiger partial charge >= 0.3 is 0 Å². The predicted octanol–water partition coefficient (Wildman–Crippen LogP) is 4.68. The Labute approximate surface area is 105 Å². The molecule has 4 aromatic carbocycles. The number of hydrogen-bond acceptors (Lipinski definition) is 0. The van der Waals surface area contributed by atoms with Gasteiger partial charge in [0, 0.05) is 0 Å². The summed E-state index contributed by atoms with van der Waals surface area (Å²) < 4.78 is 0. The molecule has 0 saturated heterocycles. The van der Waals surface area contributed by atoms with Crippen LogP contribution in [0.25, 0.3) is 32.3 Å². The monoisotopic (exact) mass is 228 g/mol. The predicted molar refractivity (Wildman–Crippen MR) is 77.6 cm³/mol. The Hall–Kier alpha value is -2.08. The van der Waals surface area contributed by atoms with Crippen molar-refractivity contribution in [1.82, 2.24) is 0 Å². The maximum Gasteiger partial charge on any atom is -0.00238 e. The zero-order valence-electron chi connectivity index (χ0n) is 10.0. The summed E-state index contributed by atoms with van der Waals surface area (Å²) in [7, 11) is 0. The Morgan fingerprint density at radius 2 is 1.44 bits per heavy atom. The Morgan fingerprint density at radius 3 is 2.22 bits per heavy atom. The second-order valence-corrected chi connectivity index (χ2v) is 5.37. The molecule has 0 nitrogen and oxygen atoms in total. The van der Waals surface area contributed by atoms with Gasteiger partial charge in [-0.3, -0.25) is 0 Å². The average molecular weight is 228 g/mol. The lowest BCUT2D eigenvalue weighted by atomic mass is 9.81. The number of aryl methyl sites for hydroxylation is 2. The van der Waals surface area contributed by atoms with Crippen LogP contribution in [0.15, 0.2) is 48.5 Å². The van der Waals surface area contributed by atoms with Crippen LogP contribution in [0.3, 0.4) is 0 Å². The molecule has 4 aromatic rings.